The molecule has 0 saturated carbocycles. The largest absolute Gasteiger partial charge is 0.508 e. The molecule has 0 fully saturated rings. The van der Waals surface area contributed by atoms with Gasteiger partial charge in [0.1, 0.15) is 23.2 Å². The quantitative estimate of drug-likeness (QED) is 0.857. The molecule has 0 unspecified atom stereocenters. The van der Waals surface area contributed by atoms with Gasteiger partial charge in [0, 0.05) is 5.57 Å². The Morgan fingerprint density at radius 2 is 2.20 bits per heavy atom. The highest BCUT2D eigenvalue weighted by Crippen LogP contribution is 2.39. The highest BCUT2D eigenvalue weighted by molar-refractivity contribution is 5.96. The summed E-state index contributed by atoms with van der Waals surface area (Å²) in [6.07, 6.45) is 0. The second kappa shape index (κ2) is 5.10. The fourth-order valence-corrected chi connectivity index (χ4v) is 2.37. The van der Waals surface area contributed by atoms with E-state index in [1.54, 1.807) is 19.1 Å². The number of nitrogens with zero attached hydrogens (tertiary/aromatic N) is 1. The van der Waals surface area contributed by atoms with Gasteiger partial charge in [-0.15, -0.1) is 0 Å². The molecule has 0 saturated heterocycles. The zero-order valence-corrected chi connectivity index (χ0v) is 11.2. The van der Waals surface area contributed by atoms with Gasteiger partial charge in [-0.25, -0.2) is 0 Å². The number of phenolic OH excluding ortho intramolecular Hbond substituents is 1. The maximum absolute atomic E-state index is 11.9. The number of nitrogens with two attached hydrogens (primary N) is 1. The molecule has 0 spiro atoms. The van der Waals surface area contributed by atoms with Gasteiger partial charge in [0.2, 0.25) is 5.88 Å². The average Bonchev–Trinajstić information content (AvgIpc) is 2.37. The molecule has 0 radical (unpaired) electrons. The summed E-state index contributed by atoms with van der Waals surface area (Å²) < 4.78 is 5.28. The highest BCUT2D eigenvalue weighted by Gasteiger charge is 2.33. The van der Waals surface area contributed by atoms with Crippen LogP contribution in [0.3, 0.4) is 0 Å². The lowest BCUT2D eigenvalue weighted by molar-refractivity contribution is -0.114. The van der Waals surface area contributed by atoms with E-state index < -0.39 is 5.92 Å². The molecule has 2 rings (SSSR count). The van der Waals surface area contributed by atoms with E-state index in [9.17, 15) is 15.2 Å². The molecule has 1 heterocycles. The van der Waals surface area contributed by atoms with Crippen LogP contribution in [-0.2, 0) is 9.53 Å². The summed E-state index contributed by atoms with van der Waals surface area (Å²) >= 11 is 0. The van der Waals surface area contributed by atoms with E-state index in [4.69, 9.17) is 10.5 Å². The first-order chi connectivity index (χ1) is 9.45. The van der Waals surface area contributed by atoms with Gasteiger partial charge in [-0.1, -0.05) is 12.1 Å². The number of phenols is 1. The third-order valence-electron chi connectivity index (χ3n) is 3.19. The van der Waals surface area contributed by atoms with Crippen LogP contribution in [0.25, 0.3) is 0 Å². The molecule has 0 aromatic heterocycles. The van der Waals surface area contributed by atoms with Gasteiger partial charge in [0.05, 0.1) is 5.92 Å². The number of hydrogen-bond donors (Lipinski definition) is 2. The van der Waals surface area contributed by atoms with Gasteiger partial charge in [-0.2, -0.15) is 5.26 Å². The number of aromatic hydroxyl groups is 1. The van der Waals surface area contributed by atoms with Gasteiger partial charge < -0.3 is 15.6 Å². The van der Waals surface area contributed by atoms with Gasteiger partial charge in [-0.05, 0) is 31.5 Å². The van der Waals surface area contributed by atoms with Crippen LogP contribution in [0, 0.1) is 11.3 Å². The van der Waals surface area contributed by atoms with Crippen LogP contribution in [0.5, 0.6) is 5.75 Å². The van der Waals surface area contributed by atoms with Crippen LogP contribution in [-0.4, -0.2) is 10.9 Å². The number of carbonyl (C=O) groups excluding carboxylic acids is 1. The van der Waals surface area contributed by atoms with Crippen molar-refractivity contribution in [3.8, 4) is 11.8 Å². The van der Waals surface area contributed by atoms with Crippen LogP contribution in [0.1, 0.15) is 25.3 Å². The summed E-state index contributed by atoms with van der Waals surface area (Å²) in [5, 5.41) is 18.9. The van der Waals surface area contributed by atoms with Crippen molar-refractivity contribution in [2.75, 3.05) is 0 Å². The zero-order valence-electron chi connectivity index (χ0n) is 11.2. The lowest BCUT2D eigenvalue weighted by Gasteiger charge is -2.26. The van der Waals surface area contributed by atoms with Crippen molar-refractivity contribution >= 4 is 5.78 Å². The number of benzene rings is 1. The minimum absolute atomic E-state index is 0.0108. The Kier molecular flexibility index (Phi) is 3.49. The summed E-state index contributed by atoms with van der Waals surface area (Å²) in [6.45, 7) is 3.04. The van der Waals surface area contributed by atoms with E-state index in [1.165, 1.54) is 19.1 Å². The van der Waals surface area contributed by atoms with Crippen LogP contribution in [0.2, 0.25) is 0 Å². The monoisotopic (exact) mass is 270 g/mol. The molecule has 0 aliphatic carbocycles. The van der Waals surface area contributed by atoms with Crippen LogP contribution in [0.15, 0.2) is 47.1 Å². The zero-order chi connectivity index (χ0) is 14.9. The van der Waals surface area contributed by atoms with Crippen LogP contribution >= 0.6 is 0 Å². The van der Waals surface area contributed by atoms with Crippen molar-refractivity contribution in [1.82, 2.24) is 0 Å². The fraction of sp³-hybridized carbons (Fsp3) is 0.200. The molecule has 0 bridgehead atoms. The Bertz CT molecular complexity index is 681. The Morgan fingerprint density at radius 3 is 2.75 bits per heavy atom. The summed E-state index contributed by atoms with van der Waals surface area (Å²) in [4.78, 5) is 11.9. The predicted octanol–water partition coefficient (Wildman–Crippen LogP) is 2.06. The number of allylic oxidation sites excluding steroid dienone is 3. The number of carbonyl (C=O) groups is 1. The van der Waals surface area contributed by atoms with E-state index in [0.29, 0.717) is 16.9 Å². The first-order valence-corrected chi connectivity index (χ1v) is 6.04. The predicted molar refractivity (Wildman–Crippen MR) is 72.1 cm³/mol. The van der Waals surface area contributed by atoms with Crippen molar-refractivity contribution in [2.24, 2.45) is 5.73 Å². The number of nitriles is 1. The summed E-state index contributed by atoms with van der Waals surface area (Å²) in [6, 6.07) is 8.40. The van der Waals surface area contributed by atoms with E-state index in [-0.39, 0.29) is 23.0 Å². The SMILES string of the molecule is CC(=O)C1=C(C)OC(N)=C(C#N)[C@@H]1c1cccc(O)c1. The normalized spacial score (nSPS) is 18.6. The third-order valence-corrected chi connectivity index (χ3v) is 3.19. The average molecular weight is 270 g/mol. The third kappa shape index (κ3) is 2.24. The van der Waals surface area contributed by atoms with E-state index in [2.05, 4.69) is 0 Å². The van der Waals surface area contributed by atoms with E-state index >= 15 is 0 Å². The van der Waals surface area contributed by atoms with Gasteiger partial charge in [0.25, 0.3) is 0 Å². The maximum atomic E-state index is 11.9. The van der Waals surface area contributed by atoms with Crippen molar-refractivity contribution in [2.45, 2.75) is 19.8 Å². The molecular weight excluding hydrogens is 256 g/mol. The Balaban J connectivity index is 2.67. The molecule has 1 aliphatic heterocycles. The summed E-state index contributed by atoms with van der Waals surface area (Å²) in [5.74, 6) is -0.384. The molecule has 5 heteroatoms. The molecule has 102 valence electrons. The van der Waals surface area contributed by atoms with Crippen molar-refractivity contribution in [3.05, 3.63) is 52.6 Å². The fourth-order valence-electron chi connectivity index (χ4n) is 2.37. The topological polar surface area (TPSA) is 96.3 Å². The highest BCUT2D eigenvalue weighted by atomic mass is 16.5. The second-order valence-corrected chi connectivity index (χ2v) is 4.55. The van der Waals surface area contributed by atoms with Gasteiger partial charge >= 0.3 is 0 Å². The number of rotatable bonds is 2. The minimum Gasteiger partial charge on any atom is -0.508 e. The van der Waals surface area contributed by atoms with Crippen molar-refractivity contribution < 1.29 is 14.6 Å². The number of Topliss-reactive ketones (excluding diaryl/α,β-unsaturated/α-hetero) is 1. The first-order valence-electron chi connectivity index (χ1n) is 6.04. The smallest absolute Gasteiger partial charge is 0.205 e. The summed E-state index contributed by atoms with van der Waals surface area (Å²) in [5.41, 5.74) is 6.91. The minimum atomic E-state index is -0.613. The van der Waals surface area contributed by atoms with Crippen LogP contribution < -0.4 is 5.73 Å². The van der Waals surface area contributed by atoms with Crippen LogP contribution in [0.4, 0.5) is 0 Å². The molecule has 1 aromatic rings. The molecule has 20 heavy (non-hydrogen) atoms. The first kappa shape index (κ1) is 13.7. The lowest BCUT2D eigenvalue weighted by Crippen LogP contribution is -2.23. The lowest BCUT2D eigenvalue weighted by atomic mass is 9.81. The van der Waals surface area contributed by atoms with E-state index in [0.717, 1.165) is 0 Å². The number of ketones is 1. The molecule has 5 nitrogen and oxygen atoms in total. The Morgan fingerprint density at radius 1 is 1.50 bits per heavy atom. The molecule has 1 aromatic carbocycles. The number of hydrogen-bond acceptors (Lipinski definition) is 5. The standard InChI is InChI=1S/C15H14N2O3/c1-8(18)13-9(2)20-15(17)12(7-16)14(13)10-4-3-5-11(19)6-10/h3-6,14,19H,17H2,1-2H3/t14-/m0/s1. The van der Waals surface area contributed by atoms with Gasteiger partial charge in [0.15, 0.2) is 5.78 Å². The molecule has 3 N–H and O–H groups in total. The molecular formula is C15H14N2O3. The Labute approximate surface area is 116 Å². The second-order valence-electron chi connectivity index (χ2n) is 4.55. The van der Waals surface area contributed by atoms with E-state index in [1.807, 2.05) is 6.07 Å². The molecule has 0 amide bonds. The molecule has 1 aliphatic rings. The molecule has 1 atom stereocenters. The van der Waals surface area contributed by atoms with Gasteiger partial charge in [-0.3, -0.25) is 4.79 Å². The van der Waals surface area contributed by atoms with Crippen molar-refractivity contribution in [1.29, 1.82) is 5.26 Å². The summed E-state index contributed by atoms with van der Waals surface area (Å²) in [7, 11) is 0. The number of ether oxygens (including phenoxy) is 1. The van der Waals surface area contributed by atoms with Crippen molar-refractivity contribution in [3.63, 3.8) is 0 Å². The maximum Gasteiger partial charge on any atom is 0.205 e. The Hall–Kier alpha value is -2.74.